The number of hydrogen-bond acceptors (Lipinski definition) is 3. The minimum atomic E-state index is 0.176. The number of likely N-dealkylation sites (N-methyl/N-ethyl adjacent to an activating group) is 1. The van der Waals surface area contributed by atoms with E-state index in [9.17, 15) is 4.79 Å². The lowest BCUT2D eigenvalue weighted by molar-refractivity contribution is -0.117. The third-order valence-corrected chi connectivity index (χ3v) is 2.78. The van der Waals surface area contributed by atoms with Gasteiger partial charge in [0.25, 0.3) is 0 Å². The Morgan fingerprint density at radius 1 is 1.50 bits per heavy atom. The van der Waals surface area contributed by atoms with Crippen LogP contribution in [0.25, 0.3) is 0 Å². The van der Waals surface area contributed by atoms with Crippen LogP contribution in [0.4, 0.5) is 0 Å². The van der Waals surface area contributed by atoms with Gasteiger partial charge in [-0.15, -0.1) is 0 Å². The minimum Gasteiger partial charge on any atom is -0.496 e. The molecule has 0 aliphatic carbocycles. The summed E-state index contributed by atoms with van der Waals surface area (Å²) in [6.45, 7) is 2.83. The van der Waals surface area contributed by atoms with Gasteiger partial charge in [-0.2, -0.15) is 0 Å². The molecule has 0 aromatic heterocycles. The van der Waals surface area contributed by atoms with Crippen molar-refractivity contribution in [2.75, 3.05) is 20.7 Å². The van der Waals surface area contributed by atoms with Crippen molar-refractivity contribution in [3.05, 3.63) is 28.2 Å². The second kappa shape index (κ2) is 6.01. The van der Waals surface area contributed by atoms with Crippen molar-refractivity contribution in [1.82, 2.24) is 4.90 Å². The monoisotopic (exact) mass is 285 g/mol. The van der Waals surface area contributed by atoms with Crippen molar-refractivity contribution in [1.29, 1.82) is 0 Å². The highest BCUT2D eigenvalue weighted by molar-refractivity contribution is 9.10. The molecule has 0 spiro atoms. The van der Waals surface area contributed by atoms with Gasteiger partial charge in [0.1, 0.15) is 11.5 Å². The highest BCUT2D eigenvalue weighted by atomic mass is 79.9. The number of carbonyl (C=O) groups is 1. The molecule has 0 saturated carbocycles. The number of nitrogens with zero attached hydrogens (tertiary/aromatic N) is 1. The lowest BCUT2D eigenvalue weighted by Gasteiger charge is -2.15. The molecule has 0 atom stereocenters. The number of halogens is 1. The van der Waals surface area contributed by atoms with Crippen LogP contribution >= 0.6 is 15.9 Å². The molecule has 0 radical (unpaired) electrons. The van der Waals surface area contributed by atoms with E-state index in [1.807, 2.05) is 30.1 Å². The average Bonchev–Trinajstić information content (AvgIpc) is 2.16. The predicted molar refractivity (Wildman–Crippen MR) is 67.7 cm³/mol. The van der Waals surface area contributed by atoms with E-state index in [-0.39, 0.29) is 5.78 Å². The van der Waals surface area contributed by atoms with Crippen LogP contribution in [0.1, 0.15) is 12.5 Å². The lowest BCUT2D eigenvalue weighted by Crippen LogP contribution is -2.23. The fraction of sp³-hybridized carbons (Fsp3) is 0.417. The first-order valence-electron chi connectivity index (χ1n) is 5.03. The van der Waals surface area contributed by atoms with E-state index in [1.54, 1.807) is 14.0 Å². The number of ketones is 1. The van der Waals surface area contributed by atoms with E-state index in [4.69, 9.17) is 4.74 Å². The summed E-state index contributed by atoms with van der Waals surface area (Å²) in [7, 11) is 3.57. The smallest absolute Gasteiger partial charge is 0.143 e. The third kappa shape index (κ3) is 3.94. The Kier molecular flexibility index (Phi) is 4.96. The summed E-state index contributed by atoms with van der Waals surface area (Å²) >= 11 is 3.44. The zero-order valence-electron chi connectivity index (χ0n) is 9.79. The van der Waals surface area contributed by atoms with Gasteiger partial charge in [0.2, 0.25) is 0 Å². The summed E-state index contributed by atoms with van der Waals surface area (Å²) in [6, 6.07) is 5.93. The first-order valence-corrected chi connectivity index (χ1v) is 5.82. The van der Waals surface area contributed by atoms with Crippen molar-refractivity contribution >= 4 is 21.7 Å². The number of methoxy groups -OCH3 is 1. The van der Waals surface area contributed by atoms with Gasteiger partial charge in [-0.05, 0) is 47.6 Å². The molecule has 0 aliphatic rings. The normalized spacial score (nSPS) is 10.6. The SMILES string of the molecule is COc1ccc(CN(C)CC(C)=O)cc1Br. The van der Waals surface area contributed by atoms with Crippen molar-refractivity contribution in [2.24, 2.45) is 0 Å². The number of ether oxygens (including phenoxy) is 1. The van der Waals surface area contributed by atoms with Crippen LogP contribution in [0.3, 0.4) is 0 Å². The number of rotatable bonds is 5. The van der Waals surface area contributed by atoms with Gasteiger partial charge in [0.05, 0.1) is 18.1 Å². The Morgan fingerprint density at radius 3 is 2.69 bits per heavy atom. The Labute approximate surface area is 105 Å². The molecule has 16 heavy (non-hydrogen) atoms. The minimum absolute atomic E-state index is 0.176. The molecule has 4 heteroatoms. The van der Waals surface area contributed by atoms with Crippen LogP contribution in [0.2, 0.25) is 0 Å². The van der Waals surface area contributed by atoms with Crippen molar-refractivity contribution in [3.8, 4) is 5.75 Å². The quantitative estimate of drug-likeness (QED) is 0.833. The van der Waals surface area contributed by atoms with Gasteiger partial charge in [-0.25, -0.2) is 0 Å². The maximum absolute atomic E-state index is 10.9. The summed E-state index contributed by atoms with van der Waals surface area (Å²) in [6.07, 6.45) is 0. The van der Waals surface area contributed by atoms with Crippen LogP contribution < -0.4 is 4.74 Å². The molecule has 0 bridgehead atoms. The average molecular weight is 286 g/mol. The molecule has 3 nitrogen and oxygen atoms in total. The van der Waals surface area contributed by atoms with E-state index < -0.39 is 0 Å². The Hall–Kier alpha value is -0.870. The van der Waals surface area contributed by atoms with Crippen LogP contribution in [0, 0.1) is 0 Å². The number of hydrogen-bond donors (Lipinski definition) is 0. The van der Waals surface area contributed by atoms with Gasteiger partial charge in [0, 0.05) is 6.54 Å². The van der Waals surface area contributed by atoms with Crippen LogP contribution in [-0.2, 0) is 11.3 Å². The van der Waals surface area contributed by atoms with E-state index >= 15 is 0 Å². The zero-order chi connectivity index (χ0) is 12.1. The van der Waals surface area contributed by atoms with Crippen LogP contribution in [0.5, 0.6) is 5.75 Å². The molecule has 88 valence electrons. The van der Waals surface area contributed by atoms with Gasteiger partial charge in [0.15, 0.2) is 0 Å². The first kappa shape index (κ1) is 13.2. The van der Waals surface area contributed by atoms with Crippen LogP contribution in [-0.4, -0.2) is 31.4 Å². The van der Waals surface area contributed by atoms with E-state index in [1.165, 1.54) is 0 Å². The molecular weight excluding hydrogens is 270 g/mol. The highest BCUT2D eigenvalue weighted by Gasteiger charge is 2.05. The molecule has 1 aromatic carbocycles. The van der Waals surface area contributed by atoms with Crippen molar-refractivity contribution in [2.45, 2.75) is 13.5 Å². The number of carbonyl (C=O) groups excluding carboxylic acids is 1. The summed E-state index contributed by atoms with van der Waals surface area (Å²) in [4.78, 5) is 12.9. The summed E-state index contributed by atoms with van der Waals surface area (Å²) in [5.41, 5.74) is 1.15. The summed E-state index contributed by atoms with van der Waals surface area (Å²) in [5.74, 6) is 0.994. The third-order valence-electron chi connectivity index (χ3n) is 2.16. The molecule has 0 fully saturated rings. The second-order valence-electron chi connectivity index (χ2n) is 3.84. The van der Waals surface area contributed by atoms with E-state index in [2.05, 4.69) is 15.9 Å². The van der Waals surface area contributed by atoms with Gasteiger partial charge >= 0.3 is 0 Å². The van der Waals surface area contributed by atoms with E-state index in [0.717, 1.165) is 22.3 Å². The highest BCUT2D eigenvalue weighted by Crippen LogP contribution is 2.25. The topological polar surface area (TPSA) is 29.5 Å². The fourth-order valence-corrected chi connectivity index (χ4v) is 2.14. The molecule has 0 saturated heterocycles. The molecule has 0 aliphatic heterocycles. The molecule has 1 rings (SSSR count). The number of benzene rings is 1. The summed E-state index contributed by atoms with van der Waals surface area (Å²) in [5, 5.41) is 0. The molecule has 0 N–H and O–H groups in total. The fourth-order valence-electron chi connectivity index (χ4n) is 1.56. The van der Waals surface area contributed by atoms with Crippen molar-refractivity contribution in [3.63, 3.8) is 0 Å². The lowest BCUT2D eigenvalue weighted by atomic mass is 10.2. The largest absolute Gasteiger partial charge is 0.496 e. The molecule has 0 heterocycles. The van der Waals surface area contributed by atoms with Crippen molar-refractivity contribution < 1.29 is 9.53 Å². The van der Waals surface area contributed by atoms with E-state index in [0.29, 0.717) is 6.54 Å². The van der Waals surface area contributed by atoms with Gasteiger partial charge in [-0.3, -0.25) is 9.69 Å². The maximum Gasteiger partial charge on any atom is 0.143 e. The Bertz CT molecular complexity index is 379. The second-order valence-corrected chi connectivity index (χ2v) is 4.70. The molecular formula is C12H16BrNO2. The predicted octanol–water partition coefficient (Wildman–Crippen LogP) is 2.48. The molecule has 0 unspecified atom stereocenters. The van der Waals surface area contributed by atoms with Gasteiger partial charge in [-0.1, -0.05) is 6.07 Å². The first-order chi connectivity index (χ1) is 7.52. The number of Topliss-reactive ketones (excluding diaryl/α,β-unsaturated/α-hetero) is 1. The van der Waals surface area contributed by atoms with Crippen LogP contribution in [0.15, 0.2) is 22.7 Å². The summed E-state index contributed by atoms with van der Waals surface area (Å²) < 4.78 is 6.09. The standard InChI is InChI=1S/C12H16BrNO2/c1-9(15)7-14(2)8-10-4-5-12(16-3)11(13)6-10/h4-6H,7-8H2,1-3H3. The molecule has 1 aromatic rings. The zero-order valence-corrected chi connectivity index (χ0v) is 11.4. The van der Waals surface area contributed by atoms with Gasteiger partial charge < -0.3 is 4.74 Å². The molecule has 0 amide bonds. The maximum atomic E-state index is 10.9. The Morgan fingerprint density at radius 2 is 2.19 bits per heavy atom. The Balaban J connectivity index is 2.67.